The van der Waals surface area contributed by atoms with E-state index in [1.807, 2.05) is 0 Å². The first-order chi connectivity index (χ1) is 8.92. The van der Waals surface area contributed by atoms with Crippen LogP contribution in [-0.4, -0.2) is 62.4 Å². The molecule has 1 aromatic heterocycles. The molecular weight excluding hydrogens is 252 g/mol. The number of methoxy groups -OCH3 is 2. The molecule has 0 aliphatic carbocycles. The van der Waals surface area contributed by atoms with Crippen molar-refractivity contribution in [2.24, 2.45) is 0 Å². The van der Waals surface area contributed by atoms with Gasteiger partial charge in [-0.05, 0) is 6.92 Å². The molecule has 0 aromatic carbocycles. The summed E-state index contributed by atoms with van der Waals surface area (Å²) in [5.74, 6) is 0.0302. The van der Waals surface area contributed by atoms with Crippen LogP contribution in [0.3, 0.4) is 0 Å². The Labute approximate surface area is 111 Å². The maximum atomic E-state index is 11.6. The summed E-state index contributed by atoms with van der Waals surface area (Å²) in [5.41, 5.74) is 0. The van der Waals surface area contributed by atoms with Crippen molar-refractivity contribution in [3.63, 3.8) is 0 Å². The molecule has 106 valence electrons. The van der Waals surface area contributed by atoms with E-state index in [2.05, 4.69) is 15.0 Å². The predicted octanol–water partition coefficient (Wildman–Crippen LogP) is 0.0188. The van der Waals surface area contributed by atoms with Gasteiger partial charge in [-0.3, -0.25) is 4.48 Å². The number of quaternary nitrogens is 1. The number of likely N-dealkylation sites (N-methyl/N-ethyl adjacent to an activating group) is 1. The van der Waals surface area contributed by atoms with Crippen LogP contribution in [0.25, 0.3) is 0 Å². The van der Waals surface area contributed by atoms with Gasteiger partial charge in [-0.2, -0.15) is 0 Å². The summed E-state index contributed by atoms with van der Waals surface area (Å²) in [5, 5.41) is 0. The summed E-state index contributed by atoms with van der Waals surface area (Å²) >= 11 is 0. The fraction of sp³-hybridized carbons (Fsp3) is 0.636. The number of carbonyl (C=O) groups excluding carboxylic acids is 1. The van der Waals surface area contributed by atoms with E-state index in [1.165, 1.54) is 14.2 Å². The molecule has 0 amide bonds. The first kappa shape index (κ1) is 15.1. The number of esters is 1. The fourth-order valence-corrected chi connectivity index (χ4v) is 1.38. The third-order valence-electron chi connectivity index (χ3n) is 2.32. The molecular formula is C11H19N4O4+. The van der Waals surface area contributed by atoms with Crippen LogP contribution in [0, 0.1) is 0 Å². The number of nitrogens with zero attached hydrogens (tertiary/aromatic N) is 4. The average molecular weight is 271 g/mol. The zero-order chi connectivity index (χ0) is 14.5. The highest BCUT2D eigenvalue weighted by atomic mass is 16.5. The largest absolute Gasteiger partial charge is 0.466 e. The van der Waals surface area contributed by atoms with Gasteiger partial charge in [-0.1, -0.05) is 0 Å². The summed E-state index contributed by atoms with van der Waals surface area (Å²) in [6.45, 7) is 2.19. The van der Waals surface area contributed by atoms with Crippen molar-refractivity contribution in [3.8, 4) is 12.0 Å². The molecule has 1 aromatic rings. The van der Waals surface area contributed by atoms with Gasteiger partial charge in [0.05, 0.1) is 34.9 Å². The molecule has 0 N–H and O–H groups in total. The monoisotopic (exact) mass is 271 g/mol. The van der Waals surface area contributed by atoms with E-state index in [-0.39, 0.29) is 29.0 Å². The number of hydrogen-bond donors (Lipinski definition) is 0. The van der Waals surface area contributed by atoms with Crippen molar-refractivity contribution in [2.75, 3.05) is 41.5 Å². The first-order valence-corrected chi connectivity index (χ1v) is 5.76. The van der Waals surface area contributed by atoms with Gasteiger partial charge in [0, 0.05) is 0 Å². The van der Waals surface area contributed by atoms with Crippen LogP contribution in [0.5, 0.6) is 12.0 Å². The molecule has 1 rings (SSSR count). The summed E-state index contributed by atoms with van der Waals surface area (Å²) in [6.07, 6.45) is 0. The normalized spacial score (nSPS) is 11.0. The van der Waals surface area contributed by atoms with Crippen LogP contribution in [0.15, 0.2) is 0 Å². The van der Waals surface area contributed by atoms with Crippen molar-refractivity contribution in [1.82, 2.24) is 19.4 Å². The molecule has 0 saturated carbocycles. The van der Waals surface area contributed by atoms with Crippen molar-refractivity contribution in [1.29, 1.82) is 0 Å². The Morgan fingerprint density at radius 2 is 1.63 bits per heavy atom. The molecule has 0 unspecified atom stereocenters. The number of rotatable bonds is 6. The number of aromatic nitrogens is 3. The molecule has 8 heteroatoms. The molecule has 19 heavy (non-hydrogen) atoms. The lowest BCUT2D eigenvalue weighted by atomic mass is 10.5. The van der Waals surface area contributed by atoms with Crippen LogP contribution in [0.1, 0.15) is 6.92 Å². The summed E-state index contributed by atoms with van der Waals surface area (Å²) < 4.78 is 15.0. The lowest BCUT2D eigenvalue weighted by molar-refractivity contribution is -0.143. The van der Waals surface area contributed by atoms with E-state index in [4.69, 9.17) is 14.2 Å². The third kappa shape index (κ3) is 4.02. The summed E-state index contributed by atoms with van der Waals surface area (Å²) in [7, 11) is 6.46. The summed E-state index contributed by atoms with van der Waals surface area (Å²) in [4.78, 5) is 23.7. The van der Waals surface area contributed by atoms with E-state index >= 15 is 0 Å². The number of carbonyl (C=O) groups is 1. The predicted molar refractivity (Wildman–Crippen MR) is 68.1 cm³/mol. The zero-order valence-electron chi connectivity index (χ0n) is 11.8. The topological polar surface area (TPSA) is 83.4 Å². The maximum Gasteiger partial charge on any atom is 0.362 e. The molecule has 0 radical (unpaired) electrons. The van der Waals surface area contributed by atoms with Gasteiger partial charge < -0.3 is 14.2 Å². The van der Waals surface area contributed by atoms with Gasteiger partial charge in [-0.25, -0.2) is 4.79 Å². The van der Waals surface area contributed by atoms with E-state index in [0.29, 0.717) is 12.6 Å². The van der Waals surface area contributed by atoms with Gasteiger partial charge >= 0.3 is 23.9 Å². The highest BCUT2D eigenvalue weighted by molar-refractivity contribution is 5.73. The van der Waals surface area contributed by atoms with Gasteiger partial charge in [0.2, 0.25) is 0 Å². The van der Waals surface area contributed by atoms with E-state index in [9.17, 15) is 4.79 Å². The standard InChI is InChI=1S/C11H19N4O4/c1-6-19-8(16)7-15(2,3)9-12-10(17-4)14-11(13-9)18-5/h6-7H2,1-5H3/q+1. The lowest BCUT2D eigenvalue weighted by Gasteiger charge is -2.25. The second-order valence-corrected chi connectivity index (χ2v) is 4.26. The van der Waals surface area contributed by atoms with Crippen LogP contribution >= 0.6 is 0 Å². The first-order valence-electron chi connectivity index (χ1n) is 5.76. The summed E-state index contributed by atoms with van der Waals surface area (Å²) in [6, 6.07) is 0.272. The molecule has 0 bridgehead atoms. The van der Waals surface area contributed by atoms with Gasteiger partial charge in [-0.15, -0.1) is 15.0 Å². The van der Waals surface area contributed by atoms with Crippen LogP contribution in [0.2, 0.25) is 0 Å². The number of hydrogen-bond acceptors (Lipinski definition) is 7. The van der Waals surface area contributed by atoms with Crippen molar-refractivity contribution < 1.29 is 19.0 Å². The fourth-order valence-electron chi connectivity index (χ4n) is 1.38. The minimum atomic E-state index is -0.328. The molecule has 0 spiro atoms. The average Bonchev–Trinajstić information content (AvgIpc) is 2.37. The van der Waals surface area contributed by atoms with Crippen molar-refractivity contribution in [3.05, 3.63) is 0 Å². The van der Waals surface area contributed by atoms with Gasteiger partial charge in [0.15, 0.2) is 6.54 Å². The smallest absolute Gasteiger partial charge is 0.362 e. The Kier molecular flexibility index (Phi) is 4.99. The van der Waals surface area contributed by atoms with E-state index in [1.54, 1.807) is 21.0 Å². The minimum Gasteiger partial charge on any atom is -0.466 e. The molecule has 0 aliphatic rings. The lowest BCUT2D eigenvalue weighted by Crippen LogP contribution is -2.46. The van der Waals surface area contributed by atoms with Crippen LogP contribution < -0.4 is 14.0 Å². The Hall–Kier alpha value is -1.96. The minimum absolute atomic E-state index is 0.101. The quantitative estimate of drug-likeness (QED) is 0.532. The third-order valence-corrected chi connectivity index (χ3v) is 2.32. The van der Waals surface area contributed by atoms with Gasteiger partial charge in [0.25, 0.3) is 0 Å². The molecule has 0 saturated heterocycles. The second kappa shape index (κ2) is 6.28. The second-order valence-electron chi connectivity index (χ2n) is 4.26. The molecule has 0 aliphatic heterocycles. The number of ether oxygens (including phenoxy) is 3. The van der Waals surface area contributed by atoms with E-state index < -0.39 is 0 Å². The molecule has 0 fully saturated rings. The SMILES string of the molecule is CCOC(=O)C[N+](C)(C)c1nc(OC)nc(OC)n1. The zero-order valence-corrected chi connectivity index (χ0v) is 11.8. The van der Waals surface area contributed by atoms with Crippen LogP contribution in [-0.2, 0) is 9.53 Å². The van der Waals surface area contributed by atoms with Crippen molar-refractivity contribution in [2.45, 2.75) is 6.92 Å². The Bertz CT molecular complexity index is 428. The Balaban J connectivity index is 3.02. The molecule has 1 heterocycles. The highest BCUT2D eigenvalue weighted by Crippen LogP contribution is 2.19. The molecule has 0 atom stereocenters. The van der Waals surface area contributed by atoms with Crippen LogP contribution in [0.4, 0.5) is 5.95 Å². The Morgan fingerprint density at radius 3 is 2.05 bits per heavy atom. The maximum absolute atomic E-state index is 11.6. The Morgan fingerprint density at radius 1 is 1.11 bits per heavy atom. The van der Waals surface area contributed by atoms with E-state index in [0.717, 1.165) is 0 Å². The van der Waals surface area contributed by atoms with Crippen molar-refractivity contribution >= 4 is 11.9 Å². The van der Waals surface area contributed by atoms with Gasteiger partial charge in [0.1, 0.15) is 0 Å². The molecule has 8 nitrogen and oxygen atoms in total. The highest BCUT2D eigenvalue weighted by Gasteiger charge is 2.29.